The molecule has 0 aliphatic heterocycles. The third-order valence-corrected chi connectivity index (χ3v) is 3.55. The molecule has 0 aromatic carbocycles. The predicted molar refractivity (Wildman–Crippen MR) is 39.3 cm³/mol. The molecule has 0 fully saturated rings. The zero-order valence-electron chi connectivity index (χ0n) is 6.77. The van der Waals surface area contributed by atoms with E-state index in [2.05, 4.69) is 27.7 Å². The molecule has 0 amide bonds. The zero-order chi connectivity index (χ0) is 7.44. The Balaban J connectivity index is 3.51. The molecule has 54 valence electrons. The summed E-state index contributed by atoms with van der Waals surface area (Å²) in [6, 6.07) is 0. The van der Waals surface area contributed by atoms with Crippen molar-refractivity contribution < 1.29 is 19.4 Å². The Morgan fingerprint density at radius 3 is 1.78 bits per heavy atom. The Labute approximate surface area is 69.4 Å². The summed E-state index contributed by atoms with van der Waals surface area (Å²) < 4.78 is 1.71. The fourth-order valence-electron chi connectivity index (χ4n) is 0.638. The number of hydrogen-bond acceptors (Lipinski definition) is 0. The molecule has 0 aliphatic rings. The van der Waals surface area contributed by atoms with Crippen LogP contribution < -0.4 is 0 Å². The summed E-state index contributed by atoms with van der Waals surface area (Å²) in [4.78, 5) is 0. The van der Waals surface area contributed by atoms with Crippen LogP contribution in [-0.2, 0) is 19.4 Å². The summed E-state index contributed by atoms with van der Waals surface area (Å²) in [5.41, 5.74) is 0. The van der Waals surface area contributed by atoms with Gasteiger partial charge in [-0.2, -0.15) is 0 Å². The third-order valence-electron chi connectivity index (χ3n) is 1.25. The summed E-state index contributed by atoms with van der Waals surface area (Å²) >= 11 is 1.67. The van der Waals surface area contributed by atoms with E-state index < -0.39 is 0 Å². The molecule has 0 rings (SSSR count). The van der Waals surface area contributed by atoms with Gasteiger partial charge in [0, 0.05) is 0 Å². The van der Waals surface area contributed by atoms with Crippen molar-refractivity contribution in [3.8, 4) is 0 Å². The Morgan fingerprint density at radius 2 is 1.67 bits per heavy atom. The molecule has 0 N–H and O–H groups in total. The molecular weight excluding hydrogens is 280 g/mol. The summed E-state index contributed by atoms with van der Waals surface area (Å²) in [6.45, 7) is 9.13. The van der Waals surface area contributed by atoms with E-state index in [-0.39, 0.29) is 0 Å². The van der Waals surface area contributed by atoms with Crippen molar-refractivity contribution in [2.24, 2.45) is 11.8 Å². The van der Waals surface area contributed by atoms with Crippen LogP contribution in [0.4, 0.5) is 0 Å². The van der Waals surface area contributed by atoms with Crippen LogP contribution in [-0.4, -0.2) is 3.90 Å². The van der Waals surface area contributed by atoms with Crippen LogP contribution in [0, 0.1) is 11.8 Å². The van der Waals surface area contributed by atoms with Crippen LogP contribution in [0.3, 0.4) is 0 Å². The summed E-state index contributed by atoms with van der Waals surface area (Å²) in [5.74, 6) is 1.65. The van der Waals surface area contributed by atoms with E-state index in [9.17, 15) is 0 Å². The van der Waals surface area contributed by atoms with Crippen molar-refractivity contribution in [3.63, 3.8) is 0 Å². The van der Waals surface area contributed by atoms with E-state index in [0.717, 1.165) is 11.8 Å². The SMILES string of the molecule is CC(C)C[C](=[W])C(C)C. The second-order valence-electron chi connectivity index (χ2n) is 3.22. The summed E-state index contributed by atoms with van der Waals surface area (Å²) in [6.07, 6.45) is 1.33. The fourth-order valence-corrected chi connectivity index (χ4v) is 1.84. The molecule has 0 bridgehead atoms. The molecule has 0 spiro atoms. The average Bonchev–Trinajstić information content (AvgIpc) is 1.63. The Hall–Kier alpha value is 0.558. The summed E-state index contributed by atoms with van der Waals surface area (Å²) in [7, 11) is 0. The maximum absolute atomic E-state index is 2.28. The van der Waals surface area contributed by atoms with E-state index in [1.54, 1.807) is 23.3 Å². The average molecular weight is 296 g/mol. The monoisotopic (exact) mass is 296 g/mol. The number of hydrogen-bond donors (Lipinski definition) is 0. The van der Waals surface area contributed by atoms with Crippen LogP contribution in [0.25, 0.3) is 0 Å². The van der Waals surface area contributed by atoms with Gasteiger partial charge < -0.3 is 0 Å². The van der Waals surface area contributed by atoms with Gasteiger partial charge in [0.15, 0.2) is 0 Å². The van der Waals surface area contributed by atoms with E-state index in [1.165, 1.54) is 6.42 Å². The first kappa shape index (κ1) is 9.56. The molecule has 0 atom stereocenters. The van der Waals surface area contributed by atoms with E-state index in [0.29, 0.717) is 0 Å². The predicted octanol–water partition coefficient (Wildman–Crippen LogP) is 2.41. The molecule has 0 aromatic rings. The third kappa shape index (κ3) is 5.03. The molecule has 1 heteroatoms. The molecule has 0 aromatic heterocycles. The van der Waals surface area contributed by atoms with Crippen LogP contribution in [0.15, 0.2) is 0 Å². The van der Waals surface area contributed by atoms with E-state index in [4.69, 9.17) is 0 Å². The Morgan fingerprint density at radius 1 is 1.22 bits per heavy atom. The Bertz CT molecular complexity index is 92.7. The molecule has 0 nitrogen and oxygen atoms in total. The van der Waals surface area contributed by atoms with Crippen molar-refractivity contribution >= 4 is 3.90 Å². The summed E-state index contributed by atoms with van der Waals surface area (Å²) in [5, 5.41) is 0. The molecule has 0 radical (unpaired) electrons. The quantitative estimate of drug-likeness (QED) is 0.750. The normalized spacial score (nSPS) is 10.9. The van der Waals surface area contributed by atoms with Gasteiger partial charge in [0.05, 0.1) is 0 Å². The Kier molecular flexibility index (Phi) is 4.66. The van der Waals surface area contributed by atoms with E-state index >= 15 is 0 Å². The minimum atomic E-state index is 0.808. The van der Waals surface area contributed by atoms with Crippen LogP contribution in [0.1, 0.15) is 34.1 Å². The standard InChI is InChI=1S/C8H16.W/c1-7(2)5-6-8(3)4;/h7-8H,5H2,1-4H3;. The van der Waals surface area contributed by atoms with Gasteiger partial charge in [-0.1, -0.05) is 0 Å². The van der Waals surface area contributed by atoms with Gasteiger partial charge in [-0.15, -0.1) is 0 Å². The van der Waals surface area contributed by atoms with E-state index in [1.807, 2.05) is 0 Å². The van der Waals surface area contributed by atoms with Crippen molar-refractivity contribution in [1.82, 2.24) is 0 Å². The van der Waals surface area contributed by atoms with Crippen LogP contribution in [0.5, 0.6) is 0 Å². The first-order valence-corrected chi connectivity index (χ1v) is 5.03. The minimum absolute atomic E-state index is 0.808. The second-order valence-corrected chi connectivity index (χ2v) is 5.10. The first-order chi connectivity index (χ1) is 4.04. The van der Waals surface area contributed by atoms with Crippen molar-refractivity contribution in [2.45, 2.75) is 34.1 Å². The van der Waals surface area contributed by atoms with Crippen molar-refractivity contribution in [1.29, 1.82) is 0 Å². The van der Waals surface area contributed by atoms with Gasteiger partial charge in [-0.05, 0) is 0 Å². The zero-order valence-corrected chi connectivity index (χ0v) is 9.70. The van der Waals surface area contributed by atoms with Crippen molar-refractivity contribution in [2.75, 3.05) is 0 Å². The fraction of sp³-hybridized carbons (Fsp3) is 0.875. The van der Waals surface area contributed by atoms with Crippen LogP contribution in [0.2, 0.25) is 0 Å². The van der Waals surface area contributed by atoms with Crippen molar-refractivity contribution in [3.05, 3.63) is 0 Å². The van der Waals surface area contributed by atoms with Gasteiger partial charge in [0.25, 0.3) is 0 Å². The maximum atomic E-state index is 2.28. The molecular formula is C8H16W. The van der Waals surface area contributed by atoms with Gasteiger partial charge in [0.2, 0.25) is 0 Å². The number of rotatable bonds is 3. The second kappa shape index (κ2) is 4.39. The van der Waals surface area contributed by atoms with Gasteiger partial charge in [-0.25, -0.2) is 0 Å². The molecule has 9 heavy (non-hydrogen) atoms. The molecule has 0 aliphatic carbocycles. The first-order valence-electron chi connectivity index (χ1n) is 3.56. The molecule has 0 unspecified atom stereocenters. The molecule has 0 saturated heterocycles. The van der Waals surface area contributed by atoms with Crippen LogP contribution >= 0.6 is 0 Å². The molecule has 0 heterocycles. The topological polar surface area (TPSA) is 0 Å². The molecule has 0 saturated carbocycles. The van der Waals surface area contributed by atoms with Gasteiger partial charge >= 0.3 is 69.2 Å². The van der Waals surface area contributed by atoms with Gasteiger partial charge in [-0.3, -0.25) is 0 Å². The van der Waals surface area contributed by atoms with Gasteiger partial charge in [0.1, 0.15) is 0 Å².